The molecular weight excluding hydrogens is 294 g/mol. The quantitative estimate of drug-likeness (QED) is 0.783. The molecule has 0 unspecified atom stereocenters. The SMILES string of the molecule is C[n+]1cn(Cn2cnc(Cl)c2Cl)c(Cl)c1Cl. The largest absolute Gasteiger partial charge is 0.282 e. The van der Waals surface area contributed by atoms with E-state index in [-0.39, 0.29) is 5.15 Å². The number of halogens is 4. The molecule has 8 heteroatoms. The molecule has 0 amide bonds. The maximum Gasteiger partial charge on any atom is 0.256 e. The molecule has 4 nitrogen and oxygen atoms in total. The zero-order valence-corrected chi connectivity index (χ0v) is 11.2. The fourth-order valence-corrected chi connectivity index (χ4v) is 1.96. The predicted molar refractivity (Wildman–Crippen MR) is 63.3 cm³/mol. The van der Waals surface area contributed by atoms with E-state index in [9.17, 15) is 0 Å². The molecule has 0 fully saturated rings. The number of aromatic nitrogens is 4. The van der Waals surface area contributed by atoms with Gasteiger partial charge in [-0.15, -0.1) is 0 Å². The van der Waals surface area contributed by atoms with E-state index < -0.39 is 0 Å². The first-order valence-corrected chi connectivity index (χ1v) is 5.77. The first kappa shape index (κ1) is 12.0. The van der Waals surface area contributed by atoms with Gasteiger partial charge < -0.3 is 0 Å². The van der Waals surface area contributed by atoms with Crippen LogP contribution in [0.1, 0.15) is 0 Å². The van der Waals surface area contributed by atoms with E-state index in [4.69, 9.17) is 46.4 Å². The fourth-order valence-electron chi connectivity index (χ4n) is 1.28. The normalized spacial score (nSPS) is 11.1. The van der Waals surface area contributed by atoms with Gasteiger partial charge in [0, 0.05) is 0 Å². The number of nitrogens with zero attached hydrogens (tertiary/aromatic N) is 4. The Labute approximate surface area is 112 Å². The van der Waals surface area contributed by atoms with Crippen molar-refractivity contribution in [1.29, 1.82) is 0 Å². The maximum atomic E-state index is 6.02. The van der Waals surface area contributed by atoms with Crippen LogP contribution in [0.3, 0.4) is 0 Å². The summed E-state index contributed by atoms with van der Waals surface area (Å²) in [5, 5.41) is 1.53. The van der Waals surface area contributed by atoms with Crippen molar-refractivity contribution in [2.75, 3.05) is 0 Å². The summed E-state index contributed by atoms with van der Waals surface area (Å²) in [6.45, 7) is 0.401. The Bertz CT molecular complexity index is 530. The third-order valence-electron chi connectivity index (χ3n) is 2.08. The molecule has 0 aliphatic carbocycles. The van der Waals surface area contributed by atoms with Crippen LogP contribution >= 0.6 is 46.4 Å². The molecule has 0 saturated carbocycles. The Morgan fingerprint density at radius 1 is 1.19 bits per heavy atom. The minimum Gasteiger partial charge on any atom is -0.282 e. The Hall–Kier alpha value is -0.420. The van der Waals surface area contributed by atoms with E-state index in [2.05, 4.69) is 4.98 Å². The van der Waals surface area contributed by atoms with Crippen LogP contribution in [0.4, 0.5) is 0 Å². The molecule has 0 atom stereocenters. The number of hydrogen-bond acceptors (Lipinski definition) is 1. The molecule has 0 aromatic carbocycles. The van der Waals surface area contributed by atoms with Crippen LogP contribution in [0.15, 0.2) is 12.7 Å². The summed E-state index contributed by atoms with van der Waals surface area (Å²) in [7, 11) is 1.80. The average Bonchev–Trinajstić information content (AvgIpc) is 2.68. The monoisotopic (exact) mass is 299 g/mol. The number of rotatable bonds is 2. The van der Waals surface area contributed by atoms with Crippen molar-refractivity contribution in [3.8, 4) is 0 Å². The molecule has 16 heavy (non-hydrogen) atoms. The lowest BCUT2D eigenvalue weighted by molar-refractivity contribution is -0.668. The van der Waals surface area contributed by atoms with E-state index in [0.717, 1.165) is 0 Å². The van der Waals surface area contributed by atoms with Crippen molar-refractivity contribution in [1.82, 2.24) is 14.1 Å². The molecule has 86 valence electrons. The van der Waals surface area contributed by atoms with Crippen molar-refractivity contribution < 1.29 is 4.57 Å². The van der Waals surface area contributed by atoms with Gasteiger partial charge in [-0.25, -0.2) is 14.1 Å². The number of imidazole rings is 2. The number of hydrogen-bond donors (Lipinski definition) is 0. The van der Waals surface area contributed by atoms with Gasteiger partial charge in [-0.2, -0.15) is 0 Å². The zero-order chi connectivity index (χ0) is 11.9. The third kappa shape index (κ3) is 2.02. The topological polar surface area (TPSA) is 26.6 Å². The fraction of sp³-hybridized carbons (Fsp3) is 0.250. The Kier molecular flexibility index (Phi) is 3.35. The lowest BCUT2D eigenvalue weighted by Gasteiger charge is -2.00. The van der Waals surface area contributed by atoms with Crippen LogP contribution in [-0.4, -0.2) is 14.1 Å². The maximum absolute atomic E-state index is 6.02. The molecule has 0 bridgehead atoms. The number of aryl methyl sites for hydroxylation is 1. The van der Waals surface area contributed by atoms with Gasteiger partial charge in [-0.1, -0.05) is 23.2 Å². The van der Waals surface area contributed by atoms with Crippen molar-refractivity contribution in [3.05, 3.63) is 33.3 Å². The highest BCUT2D eigenvalue weighted by molar-refractivity contribution is 6.40. The van der Waals surface area contributed by atoms with Gasteiger partial charge in [0.05, 0.1) is 7.05 Å². The Morgan fingerprint density at radius 2 is 1.88 bits per heavy atom. The lowest BCUT2D eigenvalue weighted by atomic mass is 10.8. The van der Waals surface area contributed by atoms with E-state index in [1.807, 2.05) is 0 Å². The van der Waals surface area contributed by atoms with Gasteiger partial charge in [0.1, 0.15) is 6.33 Å². The van der Waals surface area contributed by atoms with Crippen molar-refractivity contribution >= 4 is 46.4 Å². The van der Waals surface area contributed by atoms with Crippen LogP contribution in [0.2, 0.25) is 20.6 Å². The summed E-state index contributed by atoms with van der Waals surface area (Å²) < 4.78 is 5.09. The summed E-state index contributed by atoms with van der Waals surface area (Å²) in [5.41, 5.74) is 0. The first-order valence-electron chi connectivity index (χ1n) is 4.26. The first-order chi connectivity index (χ1) is 7.50. The van der Waals surface area contributed by atoms with Crippen molar-refractivity contribution in [3.63, 3.8) is 0 Å². The molecule has 0 saturated heterocycles. The molecule has 2 rings (SSSR count). The highest BCUT2D eigenvalue weighted by atomic mass is 35.5. The summed E-state index contributed by atoms with van der Waals surface area (Å²) in [4.78, 5) is 3.87. The predicted octanol–water partition coefficient (Wildman–Crippen LogP) is 2.63. The highest BCUT2D eigenvalue weighted by Gasteiger charge is 2.18. The lowest BCUT2D eigenvalue weighted by Crippen LogP contribution is -2.26. The van der Waals surface area contributed by atoms with Crippen molar-refractivity contribution in [2.45, 2.75) is 6.67 Å². The Morgan fingerprint density at radius 3 is 2.31 bits per heavy atom. The van der Waals surface area contributed by atoms with E-state index in [0.29, 0.717) is 22.1 Å². The van der Waals surface area contributed by atoms with Gasteiger partial charge in [0.25, 0.3) is 10.3 Å². The Balaban J connectivity index is 2.34. The summed E-state index contributed by atoms with van der Waals surface area (Å²) >= 11 is 23.6. The second kappa shape index (κ2) is 4.45. The molecule has 0 radical (unpaired) electrons. The molecule has 0 aliphatic heterocycles. The molecule has 2 aromatic rings. The van der Waals surface area contributed by atoms with E-state index in [1.165, 1.54) is 6.33 Å². The van der Waals surface area contributed by atoms with Crippen LogP contribution in [-0.2, 0) is 13.7 Å². The van der Waals surface area contributed by atoms with Gasteiger partial charge >= 0.3 is 0 Å². The van der Waals surface area contributed by atoms with Gasteiger partial charge in [-0.3, -0.25) is 4.57 Å². The second-order valence-electron chi connectivity index (χ2n) is 3.22. The van der Waals surface area contributed by atoms with Gasteiger partial charge in [0.15, 0.2) is 17.0 Å². The minimum atomic E-state index is 0.264. The molecule has 2 aromatic heterocycles. The van der Waals surface area contributed by atoms with Crippen LogP contribution in [0.5, 0.6) is 0 Å². The van der Waals surface area contributed by atoms with E-state index >= 15 is 0 Å². The zero-order valence-electron chi connectivity index (χ0n) is 8.16. The van der Waals surface area contributed by atoms with Gasteiger partial charge in [0.2, 0.25) is 6.33 Å². The van der Waals surface area contributed by atoms with Gasteiger partial charge in [-0.05, 0) is 23.2 Å². The smallest absolute Gasteiger partial charge is 0.256 e. The van der Waals surface area contributed by atoms with Crippen LogP contribution < -0.4 is 4.57 Å². The minimum absolute atomic E-state index is 0.264. The molecule has 0 aliphatic rings. The average molecular weight is 301 g/mol. The summed E-state index contributed by atoms with van der Waals surface area (Å²) in [6.07, 6.45) is 3.30. The second-order valence-corrected chi connectivity index (χ2v) is 4.65. The highest BCUT2D eigenvalue weighted by Crippen LogP contribution is 2.22. The summed E-state index contributed by atoms with van der Waals surface area (Å²) in [5.74, 6) is 0. The molecular formula is C8H7Cl4N4+. The summed E-state index contributed by atoms with van der Waals surface area (Å²) in [6, 6.07) is 0. The van der Waals surface area contributed by atoms with Crippen LogP contribution in [0.25, 0.3) is 0 Å². The standard InChI is InChI=1S/C8H7Cl4N4/c1-14-3-16(8(12)7(14)11)4-15-2-13-5(9)6(15)10/h2-3H,4H2,1H3/q+1. The van der Waals surface area contributed by atoms with Crippen LogP contribution in [0, 0.1) is 0 Å². The molecule has 2 heterocycles. The van der Waals surface area contributed by atoms with E-state index in [1.54, 1.807) is 27.1 Å². The third-order valence-corrected chi connectivity index (χ3v) is 3.79. The molecule has 0 N–H and O–H groups in total. The van der Waals surface area contributed by atoms with Crippen molar-refractivity contribution in [2.24, 2.45) is 7.05 Å². The molecule has 0 spiro atoms.